The zero-order chi connectivity index (χ0) is 13.8. The van der Waals surface area contributed by atoms with Gasteiger partial charge in [0.1, 0.15) is 5.82 Å². The maximum absolute atomic E-state index is 13.8. The molecule has 2 rings (SSSR count). The summed E-state index contributed by atoms with van der Waals surface area (Å²) in [6.07, 6.45) is 0.827. The Morgan fingerprint density at radius 3 is 3.00 bits per heavy atom. The van der Waals surface area contributed by atoms with Gasteiger partial charge in [0.15, 0.2) is 0 Å². The lowest BCUT2D eigenvalue weighted by molar-refractivity contribution is 0.0712. The van der Waals surface area contributed by atoms with Crippen LogP contribution in [-0.2, 0) is 4.74 Å². The maximum Gasteiger partial charge on any atom is 0.256 e. The van der Waals surface area contributed by atoms with Gasteiger partial charge in [-0.2, -0.15) is 0 Å². The van der Waals surface area contributed by atoms with Crippen molar-refractivity contribution in [3.63, 3.8) is 0 Å². The Morgan fingerprint density at radius 2 is 2.37 bits per heavy atom. The van der Waals surface area contributed by atoms with Gasteiger partial charge in [-0.25, -0.2) is 4.39 Å². The Balaban J connectivity index is 2.24. The molecular formula is C14H19FN2O2. The van der Waals surface area contributed by atoms with E-state index in [2.05, 4.69) is 5.32 Å². The highest BCUT2D eigenvalue weighted by molar-refractivity contribution is 5.99. The summed E-state index contributed by atoms with van der Waals surface area (Å²) in [7, 11) is 1.74. The summed E-state index contributed by atoms with van der Waals surface area (Å²) in [6, 6.07) is 4.64. The van der Waals surface area contributed by atoms with Gasteiger partial charge in [0.05, 0.1) is 23.9 Å². The number of benzene rings is 1. The molecule has 0 aromatic heterocycles. The topological polar surface area (TPSA) is 41.6 Å². The van der Waals surface area contributed by atoms with Crippen molar-refractivity contribution in [2.24, 2.45) is 0 Å². The first-order valence-corrected chi connectivity index (χ1v) is 6.52. The van der Waals surface area contributed by atoms with Crippen LogP contribution in [-0.4, -0.2) is 43.7 Å². The van der Waals surface area contributed by atoms with E-state index in [1.54, 1.807) is 24.1 Å². The second kappa shape index (κ2) is 6.02. The molecule has 0 radical (unpaired) electrons. The minimum atomic E-state index is -0.399. The molecule has 1 unspecified atom stereocenters. The zero-order valence-corrected chi connectivity index (χ0v) is 11.3. The van der Waals surface area contributed by atoms with E-state index in [9.17, 15) is 9.18 Å². The highest BCUT2D eigenvalue weighted by Crippen LogP contribution is 2.23. The van der Waals surface area contributed by atoms with Crippen LogP contribution in [0.15, 0.2) is 18.2 Å². The highest BCUT2D eigenvalue weighted by atomic mass is 19.1. The van der Waals surface area contributed by atoms with Crippen LogP contribution in [0, 0.1) is 5.82 Å². The normalized spacial score (nSPS) is 18.4. The van der Waals surface area contributed by atoms with Gasteiger partial charge in [0.2, 0.25) is 0 Å². The summed E-state index contributed by atoms with van der Waals surface area (Å²) in [5, 5.41) is 2.92. The van der Waals surface area contributed by atoms with E-state index in [4.69, 9.17) is 4.74 Å². The number of carbonyl (C=O) groups is 1. The number of rotatable bonds is 4. The van der Waals surface area contributed by atoms with Crippen molar-refractivity contribution in [2.75, 3.05) is 32.1 Å². The maximum atomic E-state index is 13.8. The van der Waals surface area contributed by atoms with Gasteiger partial charge in [-0.3, -0.25) is 4.79 Å². The number of amides is 1. The van der Waals surface area contributed by atoms with E-state index in [1.807, 2.05) is 6.92 Å². The molecule has 4 nitrogen and oxygen atoms in total. The Bertz CT molecular complexity index is 459. The number of carbonyl (C=O) groups excluding carboxylic acids is 1. The number of anilines is 1. The fraction of sp³-hybridized carbons (Fsp3) is 0.500. The third-order valence-electron chi connectivity index (χ3n) is 3.37. The molecule has 1 amide bonds. The molecule has 1 N–H and O–H groups in total. The van der Waals surface area contributed by atoms with Crippen LogP contribution in [0.2, 0.25) is 0 Å². The average molecular weight is 266 g/mol. The number of nitrogens with one attached hydrogen (secondary N) is 1. The fourth-order valence-electron chi connectivity index (χ4n) is 2.24. The molecular weight excluding hydrogens is 247 g/mol. The summed E-state index contributed by atoms with van der Waals surface area (Å²) in [6.45, 7) is 3.66. The molecule has 1 fully saturated rings. The summed E-state index contributed by atoms with van der Waals surface area (Å²) in [5.74, 6) is -0.574. The smallest absolute Gasteiger partial charge is 0.256 e. The van der Waals surface area contributed by atoms with Crippen molar-refractivity contribution in [2.45, 2.75) is 19.4 Å². The predicted molar refractivity (Wildman–Crippen MR) is 71.9 cm³/mol. The van der Waals surface area contributed by atoms with E-state index in [-0.39, 0.29) is 17.6 Å². The molecule has 1 heterocycles. The fourth-order valence-corrected chi connectivity index (χ4v) is 2.24. The molecule has 0 aliphatic carbocycles. The van der Waals surface area contributed by atoms with Crippen LogP contribution >= 0.6 is 0 Å². The van der Waals surface area contributed by atoms with Gasteiger partial charge in [-0.1, -0.05) is 6.07 Å². The molecule has 0 bridgehead atoms. The Kier molecular flexibility index (Phi) is 4.37. The standard InChI is InChI=1S/C14H19FN2O2/c1-3-16-13-11(5-4-6-12(13)15)14(18)17(2)10-7-8-19-9-10/h4-6,10,16H,3,7-9H2,1-2H3. The van der Waals surface area contributed by atoms with Crippen molar-refractivity contribution in [3.8, 4) is 0 Å². The van der Waals surface area contributed by atoms with E-state index in [0.29, 0.717) is 25.3 Å². The monoisotopic (exact) mass is 266 g/mol. The summed E-state index contributed by atoms with van der Waals surface area (Å²) < 4.78 is 19.1. The van der Waals surface area contributed by atoms with Crippen molar-refractivity contribution in [1.82, 2.24) is 4.90 Å². The van der Waals surface area contributed by atoms with Gasteiger partial charge in [0, 0.05) is 20.2 Å². The molecule has 1 aliphatic heterocycles. The second-order valence-corrected chi connectivity index (χ2v) is 4.63. The molecule has 1 atom stereocenters. The lowest BCUT2D eigenvalue weighted by Crippen LogP contribution is -2.37. The quantitative estimate of drug-likeness (QED) is 0.907. The van der Waals surface area contributed by atoms with Crippen molar-refractivity contribution >= 4 is 11.6 Å². The Hall–Kier alpha value is -1.62. The van der Waals surface area contributed by atoms with Crippen LogP contribution in [0.5, 0.6) is 0 Å². The van der Waals surface area contributed by atoms with Gasteiger partial charge in [0.25, 0.3) is 5.91 Å². The number of nitrogens with zero attached hydrogens (tertiary/aromatic N) is 1. The van der Waals surface area contributed by atoms with E-state index >= 15 is 0 Å². The molecule has 19 heavy (non-hydrogen) atoms. The Morgan fingerprint density at radius 1 is 1.58 bits per heavy atom. The zero-order valence-electron chi connectivity index (χ0n) is 11.3. The van der Waals surface area contributed by atoms with Crippen LogP contribution < -0.4 is 5.32 Å². The Labute approximate surface area is 112 Å². The lowest BCUT2D eigenvalue weighted by Gasteiger charge is -2.24. The van der Waals surface area contributed by atoms with Gasteiger partial charge >= 0.3 is 0 Å². The minimum Gasteiger partial charge on any atom is -0.382 e. The van der Waals surface area contributed by atoms with E-state index < -0.39 is 5.82 Å². The summed E-state index contributed by atoms with van der Waals surface area (Å²) >= 11 is 0. The predicted octanol–water partition coefficient (Wildman–Crippen LogP) is 2.12. The number of ether oxygens (including phenoxy) is 1. The van der Waals surface area contributed by atoms with Crippen LogP contribution in [0.4, 0.5) is 10.1 Å². The number of halogens is 1. The molecule has 5 heteroatoms. The van der Waals surface area contributed by atoms with Gasteiger partial charge in [-0.05, 0) is 25.5 Å². The van der Waals surface area contributed by atoms with Gasteiger partial charge < -0.3 is 15.0 Å². The molecule has 0 spiro atoms. The van der Waals surface area contributed by atoms with E-state index in [1.165, 1.54) is 6.07 Å². The number of likely N-dealkylation sites (N-methyl/N-ethyl adjacent to an activating group) is 1. The van der Waals surface area contributed by atoms with Crippen molar-refractivity contribution in [3.05, 3.63) is 29.6 Å². The van der Waals surface area contributed by atoms with E-state index in [0.717, 1.165) is 6.42 Å². The lowest BCUT2D eigenvalue weighted by atomic mass is 10.1. The summed E-state index contributed by atoms with van der Waals surface area (Å²) in [4.78, 5) is 14.1. The first-order chi connectivity index (χ1) is 9.15. The number of hydrogen-bond acceptors (Lipinski definition) is 3. The first-order valence-electron chi connectivity index (χ1n) is 6.52. The molecule has 1 aliphatic rings. The molecule has 1 aromatic rings. The molecule has 1 saturated heterocycles. The molecule has 1 aromatic carbocycles. The van der Waals surface area contributed by atoms with Gasteiger partial charge in [-0.15, -0.1) is 0 Å². The molecule has 0 saturated carbocycles. The second-order valence-electron chi connectivity index (χ2n) is 4.63. The minimum absolute atomic E-state index is 0.0743. The largest absolute Gasteiger partial charge is 0.382 e. The van der Waals surface area contributed by atoms with Crippen molar-refractivity contribution in [1.29, 1.82) is 0 Å². The summed E-state index contributed by atoms with van der Waals surface area (Å²) in [5.41, 5.74) is 0.650. The van der Waals surface area contributed by atoms with Crippen molar-refractivity contribution < 1.29 is 13.9 Å². The number of para-hydroxylation sites is 1. The van der Waals surface area contributed by atoms with Crippen LogP contribution in [0.3, 0.4) is 0 Å². The highest BCUT2D eigenvalue weighted by Gasteiger charge is 2.26. The third kappa shape index (κ3) is 2.87. The first kappa shape index (κ1) is 13.8. The number of hydrogen-bond donors (Lipinski definition) is 1. The SMILES string of the molecule is CCNc1c(F)cccc1C(=O)N(C)C1CCOC1. The third-order valence-corrected chi connectivity index (χ3v) is 3.37. The molecule has 104 valence electrons. The average Bonchev–Trinajstić information content (AvgIpc) is 2.93. The van der Waals surface area contributed by atoms with Crippen LogP contribution in [0.25, 0.3) is 0 Å². The van der Waals surface area contributed by atoms with Crippen LogP contribution in [0.1, 0.15) is 23.7 Å².